The minimum Gasteiger partial charge on any atom is -0.346 e. The molecular formula is C24H28N4O3S2. The largest absolute Gasteiger partial charge is 0.346 e. The van der Waals surface area contributed by atoms with E-state index in [0.29, 0.717) is 11.7 Å². The van der Waals surface area contributed by atoms with Gasteiger partial charge in [0.25, 0.3) is 5.56 Å². The first kappa shape index (κ1) is 23.5. The number of carbonyl (C=O) groups is 2. The molecule has 0 bridgehead atoms. The fraction of sp³-hybridized carbons (Fsp3) is 0.417. The SMILES string of the molecule is CCCn1c(SCC(=O)NCC(=O)Nc2c(C)cccc2C)nc2sc3c(c2c1=O)CCC3. The van der Waals surface area contributed by atoms with E-state index in [4.69, 9.17) is 4.98 Å². The van der Waals surface area contributed by atoms with Crippen LogP contribution in [0.4, 0.5) is 5.69 Å². The predicted octanol–water partition coefficient (Wildman–Crippen LogP) is 3.82. The Morgan fingerprint density at radius 3 is 2.67 bits per heavy atom. The van der Waals surface area contributed by atoms with E-state index in [1.54, 1.807) is 15.9 Å². The first-order valence-electron chi connectivity index (χ1n) is 11.2. The van der Waals surface area contributed by atoms with E-state index in [9.17, 15) is 14.4 Å². The number of anilines is 1. The van der Waals surface area contributed by atoms with Crippen molar-refractivity contribution >= 4 is 50.8 Å². The molecule has 0 saturated carbocycles. The van der Waals surface area contributed by atoms with Crippen molar-refractivity contribution in [3.05, 3.63) is 50.1 Å². The fourth-order valence-electron chi connectivity index (χ4n) is 4.14. The number of thioether (sulfide) groups is 1. The molecule has 0 atom stereocenters. The van der Waals surface area contributed by atoms with Gasteiger partial charge in [-0.2, -0.15) is 0 Å². The zero-order valence-corrected chi connectivity index (χ0v) is 20.8. The molecule has 3 aromatic rings. The number of hydrogen-bond acceptors (Lipinski definition) is 6. The summed E-state index contributed by atoms with van der Waals surface area (Å²) in [5.41, 5.74) is 3.88. The Labute approximate surface area is 201 Å². The Hall–Kier alpha value is -2.65. The number of carbonyl (C=O) groups excluding carboxylic acids is 2. The van der Waals surface area contributed by atoms with Crippen molar-refractivity contribution in [3.8, 4) is 0 Å². The summed E-state index contributed by atoms with van der Waals surface area (Å²) in [7, 11) is 0. The Balaban J connectivity index is 1.40. The minimum absolute atomic E-state index is 0.00265. The lowest BCUT2D eigenvalue weighted by molar-refractivity contribution is -0.122. The van der Waals surface area contributed by atoms with Crippen LogP contribution in [-0.2, 0) is 29.0 Å². The Bertz CT molecular complexity index is 1260. The summed E-state index contributed by atoms with van der Waals surface area (Å²) in [5.74, 6) is -0.465. The van der Waals surface area contributed by atoms with Gasteiger partial charge in [0.1, 0.15) is 4.83 Å². The lowest BCUT2D eigenvalue weighted by Crippen LogP contribution is -2.34. The molecule has 33 heavy (non-hydrogen) atoms. The van der Waals surface area contributed by atoms with Crippen molar-refractivity contribution in [1.29, 1.82) is 0 Å². The molecule has 2 N–H and O–H groups in total. The van der Waals surface area contributed by atoms with E-state index in [2.05, 4.69) is 10.6 Å². The van der Waals surface area contributed by atoms with Crippen molar-refractivity contribution < 1.29 is 9.59 Å². The lowest BCUT2D eigenvalue weighted by Gasteiger charge is -2.13. The summed E-state index contributed by atoms with van der Waals surface area (Å²) < 4.78 is 1.69. The second-order valence-corrected chi connectivity index (χ2v) is 10.3. The van der Waals surface area contributed by atoms with E-state index in [1.807, 2.05) is 39.0 Å². The summed E-state index contributed by atoms with van der Waals surface area (Å²) in [6.45, 7) is 6.33. The second-order valence-electron chi connectivity index (χ2n) is 8.27. The van der Waals surface area contributed by atoms with Gasteiger partial charge in [-0.15, -0.1) is 11.3 Å². The van der Waals surface area contributed by atoms with Crippen LogP contribution in [0.5, 0.6) is 0 Å². The number of fused-ring (bicyclic) bond motifs is 3. The van der Waals surface area contributed by atoms with Gasteiger partial charge in [-0.25, -0.2) is 4.98 Å². The van der Waals surface area contributed by atoms with E-state index in [1.165, 1.54) is 22.2 Å². The number of hydrogen-bond donors (Lipinski definition) is 2. The Kier molecular flexibility index (Phi) is 7.19. The van der Waals surface area contributed by atoms with E-state index < -0.39 is 0 Å². The topological polar surface area (TPSA) is 93.1 Å². The van der Waals surface area contributed by atoms with Gasteiger partial charge >= 0.3 is 0 Å². The maximum absolute atomic E-state index is 13.2. The number of nitrogens with one attached hydrogen (secondary N) is 2. The molecule has 0 aliphatic heterocycles. The van der Waals surface area contributed by atoms with Gasteiger partial charge in [0, 0.05) is 17.1 Å². The summed E-state index contributed by atoms with van der Waals surface area (Å²) in [6, 6.07) is 5.80. The second kappa shape index (κ2) is 10.1. The summed E-state index contributed by atoms with van der Waals surface area (Å²) in [5, 5.41) is 6.85. The average Bonchev–Trinajstić information content (AvgIpc) is 3.36. The van der Waals surface area contributed by atoms with E-state index in [0.717, 1.165) is 52.7 Å². The molecular weight excluding hydrogens is 456 g/mol. The highest BCUT2D eigenvalue weighted by Crippen LogP contribution is 2.35. The Morgan fingerprint density at radius 1 is 1.18 bits per heavy atom. The first-order valence-corrected chi connectivity index (χ1v) is 13.0. The molecule has 1 aliphatic rings. The molecule has 174 valence electrons. The summed E-state index contributed by atoms with van der Waals surface area (Å²) in [4.78, 5) is 44.7. The van der Waals surface area contributed by atoms with Crippen LogP contribution in [0.25, 0.3) is 10.2 Å². The highest BCUT2D eigenvalue weighted by molar-refractivity contribution is 7.99. The molecule has 0 radical (unpaired) electrons. The number of aromatic nitrogens is 2. The third-order valence-corrected chi connectivity index (χ3v) is 7.92. The van der Waals surface area contributed by atoms with Crippen molar-refractivity contribution in [2.45, 2.75) is 58.2 Å². The lowest BCUT2D eigenvalue weighted by atomic mass is 10.1. The third kappa shape index (κ3) is 4.99. The molecule has 2 amide bonds. The molecule has 1 aromatic carbocycles. The van der Waals surface area contributed by atoms with Crippen molar-refractivity contribution in [2.75, 3.05) is 17.6 Å². The van der Waals surface area contributed by atoms with Crippen LogP contribution < -0.4 is 16.2 Å². The molecule has 0 unspecified atom stereocenters. The van der Waals surface area contributed by atoms with Crippen LogP contribution in [0.2, 0.25) is 0 Å². The molecule has 2 heterocycles. The fourth-order valence-corrected chi connectivity index (χ4v) is 6.30. The Morgan fingerprint density at radius 2 is 1.94 bits per heavy atom. The van der Waals surface area contributed by atoms with Gasteiger partial charge in [-0.05, 0) is 56.2 Å². The quantitative estimate of drug-likeness (QED) is 0.375. The highest BCUT2D eigenvalue weighted by atomic mass is 32.2. The van der Waals surface area contributed by atoms with E-state index in [-0.39, 0.29) is 29.7 Å². The van der Waals surface area contributed by atoms with Crippen LogP contribution in [-0.4, -0.2) is 33.7 Å². The molecule has 9 heteroatoms. The normalized spacial score (nSPS) is 12.7. The maximum atomic E-state index is 13.2. The zero-order valence-electron chi connectivity index (χ0n) is 19.1. The van der Waals surface area contributed by atoms with Crippen LogP contribution >= 0.6 is 23.1 Å². The molecule has 0 fully saturated rings. The third-order valence-electron chi connectivity index (χ3n) is 5.76. The van der Waals surface area contributed by atoms with Crippen molar-refractivity contribution in [1.82, 2.24) is 14.9 Å². The number of rotatable bonds is 8. The highest BCUT2D eigenvalue weighted by Gasteiger charge is 2.23. The molecule has 4 rings (SSSR count). The van der Waals surface area contributed by atoms with E-state index >= 15 is 0 Å². The number of amides is 2. The van der Waals surface area contributed by atoms with Crippen LogP contribution in [0, 0.1) is 13.8 Å². The molecule has 2 aromatic heterocycles. The number of thiophene rings is 1. The zero-order chi connectivity index (χ0) is 23.5. The van der Waals surface area contributed by atoms with Gasteiger partial charge in [0.2, 0.25) is 11.8 Å². The number of para-hydroxylation sites is 1. The molecule has 7 nitrogen and oxygen atoms in total. The molecule has 1 aliphatic carbocycles. The molecule has 0 saturated heterocycles. The van der Waals surface area contributed by atoms with Crippen molar-refractivity contribution in [2.24, 2.45) is 0 Å². The average molecular weight is 485 g/mol. The number of aryl methyl sites for hydroxylation is 4. The first-order chi connectivity index (χ1) is 15.9. The standard InChI is InChI=1S/C24H28N4O3S2/c1-4-11-28-23(31)20-16-9-6-10-17(16)33-22(20)27-24(28)32-13-19(30)25-12-18(29)26-21-14(2)7-5-8-15(21)3/h5,7-8H,4,6,9-13H2,1-3H3,(H,25,30)(H,26,29). The predicted molar refractivity (Wildman–Crippen MR) is 134 cm³/mol. The molecule has 0 spiro atoms. The van der Waals surface area contributed by atoms with Crippen LogP contribution in [0.15, 0.2) is 28.2 Å². The van der Waals surface area contributed by atoms with Gasteiger partial charge in [0.05, 0.1) is 17.7 Å². The van der Waals surface area contributed by atoms with Crippen LogP contribution in [0.1, 0.15) is 41.3 Å². The van der Waals surface area contributed by atoms with Gasteiger partial charge in [-0.3, -0.25) is 19.0 Å². The number of nitrogens with zero attached hydrogens (tertiary/aromatic N) is 2. The maximum Gasteiger partial charge on any atom is 0.263 e. The smallest absolute Gasteiger partial charge is 0.263 e. The minimum atomic E-state index is -0.277. The van der Waals surface area contributed by atoms with Gasteiger partial charge in [0.15, 0.2) is 5.16 Å². The van der Waals surface area contributed by atoms with Crippen LogP contribution in [0.3, 0.4) is 0 Å². The monoisotopic (exact) mass is 484 g/mol. The summed E-state index contributed by atoms with van der Waals surface area (Å²) in [6.07, 6.45) is 3.85. The number of benzene rings is 1. The van der Waals surface area contributed by atoms with Crippen molar-refractivity contribution in [3.63, 3.8) is 0 Å². The van der Waals surface area contributed by atoms with Gasteiger partial charge < -0.3 is 10.6 Å². The summed E-state index contributed by atoms with van der Waals surface area (Å²) >= 11 is 2.84. The van der Waals surface area contributed by atoms with Gasteiger partial charge in [-0.1, -0.05) is 36.9 Å².